The van der Waals surface area contributed by atoms with Gasteiger partial charge >= 0.3 is 11.9 Å². The van der Waals surface area contributed by atoms with Crippen LogP contribution >= 0.6 is 0 Å². The molecule has 1 aromatic heterocycles. The Balaban J connectivity index is 1.94. The third-order valence-corrected chi connectivity index (χ3v) is 6.88. The van der Waals surface area contributed by atoms with Gasteiger partial charge in [-0.3, -0.25) is 9.79 Å². The highest BCUT2D eigenvalue weighted by Gasteiger charge is 2.44. The van der Waals surface area contributed by atoms with Crippen molar-refractivity contribution < 1.29 is 37.7 Å². The van der Waals surface area contributed by atoms with E-state index in [1.165, 1.54) is 33.5 Å². The summed E-state index contributed by atoms with van der Waals surface area (Å²) in [5.41, 5.74) is 3.02. The molecule has 11 heteroatoms. The van der Waals surface area contributed by atoms with Gasteiger partial charge in [0.2, 0.25) is 0 Å². The second-order valence-electron chi connectivity index (χ2n) is 9.56. The van der Waals surface area contributed by atoms with Crippen molar-refractivity contribution in [1.82, 2.24) is 9.78 Å². The summed E-state index contributed by atoms with van der Waals surface area (Å²) in [6.45, 7) is 3.80. The first kappa shape index (κ1) is 30.6. The number of esters is 2. The number of ether oxygens (including phenoxy) is 5. The number of carbonyl (C=O) groups excluding carboxylic acids is 2. The molecule has 0 N–H and O–H groups in total. The van der Waals surface area contributed by atoms with Crippen LogP contribution in [0.5, 0.6) is 5.75 Å². The van der Waals surface area contributed by atoms with E-state index in [0.29, 0.717) is 28.2 Å². The van der Waals surface area contributed by atoms with E-state index in [0.717, 1.165) is 5.69 Å². The van der Waals surface area contributed by atoms with E-state index in [-0.39, 0.29) is 37.8 Å². The number of hydrogen-bond acceptors (Lipinski definition) is 9. The topological polar surface area (TPSA) is 110 Å². The second-order valence-corrected chi connectivity index (χ2v) is 9.56. The monoisotopic (exact) mass is 579 g/mol. The fourth-order valence-corrected chi connectivity index (χ4v) is 4.92. The Bertz CT molecular complexity index is 1480. The lowest BCUT2D eigenvalue weighted by molar-refractivity contribution is -0.148. The van der Waals surface area contributed by atoms with Crippen LogP contribution in [0.2, 0.25) is 0 Å². The molecule has 2 atom stereocenters. The van der Waals surface area contributed by atoms with Gasteiger partial charge in [0.05, 0.1) is 37.3 Å². The van der Waals surface area contributed by atoms with Crippen LogP contribution in [-0.2, 0) is 28.5 Å². The summed E-state index contributed by atoms with van der Waals surface area (Å²) in [6, 6.07) is 13.8. The highest BCUT2D eigenvalue weighted by molar-refractivity contribution is 6.07. The average Bonchev–Trinajstić information content (AvgIpc) is 3.42. The van der Waals surface area contributed by atoms with E-state index in [9.17, 15) is 14.0 Å². The Morgan fingerprint density at radius 3 is 2.26 bits per heavy atom. The van der Waals surface area contributed by atoms with Gasteiger partial charge in [-0.15, -0.1) is 0 Å². The van der Waals surface area contributed by atoms with Crippen molar-refractivity contribution in [1.29, 1.82) is 0 Å². The normalized spacial score (nSPS) is 16.7. The first-order valence-electron chi connectivity index (χ1n) is 13.4. The predicted molar refractivity (Wildman–Crippen MR) is 153 cm³/mol. The minimum absolute atomic E-state index is 0.00427. The number of benzene rings is 2. The highest BCUT2D eigenvalue weighted by atomic mass is 19.1. The molecule has 2 unspecified atom stereocenters. The summed E-state index contributed by atoms with van der Waals surface area (Å²) in [4.78, 5) is 31.7. The molecule has 3 aromatic rings. The van der Waals surface area contributed by atoms with Crippen LogP contribution in [-0.4, -0.2) is 75.2 Å². The molecule has 2 heterocycles. The van der Waals surface area contributed by atoms with E-state index < -0.39 is 29.6 Å². The van der Waals surface area contributed by atoms with Crippen LogP contribution < -0.4 is 4.74 Å². The molecular formula is C31H34FN3O7. The van der Waals surface area contributed by atoms with Crippen LogP contribution in [0.3, 0.4) is 0 Å². The number of allylic oxidation sites excluding steroid dienone is 1. The molecule has 4 rings (SSSR count). The third kappa shape index (κ3) is 6.58. The van der Waals surface area contributed by atoms with Gasteiger partial charge in [0.1, 0.15) is 19.1 Å². The molecule has 1 aliphatic heterocycles. The number of hydrogen-bond donors (Lipinski definition) is 0. The van der Waals surface area contributed by atoms with Crippen molar-refractivity contribution >= 4 is 17.7 Å². The second kappa shape index (κ2) is 14.0. The average molecular weight is 580 g/mol. The van der Waals surface area contributed by atoms with Gasteiger partial charge in [-0.25, -0.2) is 13.9 Å². The van der Waals surface area contributed by atoms with Gasteiger partial charge in [-0.1, -0.05) is 18.2 Å². The van der Waals surface area contributed by atoms with Crippen LogP contribution in [0.4, 0.5) is 4.39 Å². The zero-order chi connectivity index (χ0) is 30.2. The maximum Gasteiger partial charge on any atom is 0.336 e. The number of carbonyl (C=O) groups is 2. The molecule has 0 saturated carbocycles. The number of aliphatic imine (C=N–C) groups is 1. The van der Waals surface area contributed by atoms with E-state index in [1.54, 1.807) is 30.8 Å². The maximum absolute atomic E-state index is 15.0. The molecule has 0 saturated heterocycles. The first-order chi connectivity index (χ1) is 20.3. The van der Waals surface area contributed by atoms with Crippen molar-refractivity contribution in [3.63, 3.8) is 0 Å². The van der Waals surface area contributed by atoms with Crippen LogP contribution in [0.1, 0.15) is 25.3 Å². The van der Waals surface area contributed by atoms with Crippen molar-refractivity contribution in [3.05, 3.63) is 77.4 Å². The number of rotatable bonds is 12. The molecule has 222 valence electrons. The van der Waals surface area contributed by atoms with Gasteiger partial charge in [0.15, 0.2) is 11.6 Å². The first-order valence-corrected chi connectivity index (χ1v) is 13.4. The van der Waals surface area contributed by atoms with Gasteiger partial charge in [0, 0.05) is 48.9 Å². The van der Waals surface area contributed by atoms with E-state index in [4.69, 9.17) is 28.8 Å². The zero-order valence-electron chi connectivity index (χ0n) is 24.3. The number of halogens is 1. The fraction of sp³-hybridized carbons (Fsp3) is 0.355. The summed E-state index contributed by atoms with van der Waals surface area (Å²) < 4.78 is 42.9. The molecule has 0 bridgehead atoms. The number of nitrogens with zero attached hydrogens (tertiary/aromatic N) is 3. The lowest BCUT2D eigenvalue weighted by atomic mass is 9.75. The van der Waals surface area contributed by atoms with E-state index in [2.05, 4.69) is 4.99 Å². The lowest BCUT2D eigenvalue weighted by Crippen LogP contribution is -2.37. The van der Waals surface area contributed by atoms with Crippen LogP contribution in [0.15, 0.2) is 71.0 Å². The summed E-state index contributed by atoms with van der Waals surface area (Å²) in [6.07, 6.45) is 1.74. The lowest BCUT2D eigenvalue weighted by Gasteiger charge is -2.31. The highest BCUT2D eigenvalue weighted by Crippen LogP contribution is 2.44. The van der Waals surface area contributed by atoms with Crippen molar-refractivity contribution in [3.8, 4) is 22.7 Å². The van der Waals surface area contributed by atoms with Gasteiger partial charge in [-0.2, -0.15) is 5.10 Å². The molecule has 0 amide bonds. The van der Waals surface area contributed by atoms with E-state index >= 15 is 0 Å². The molecular weight excluding hydrogens is 545 g/mol. The summed E-state index contributed by atoms with van der Waals surface area (Å²) >= 11 is 0. The van der Waals surface area contributed by atoms with Crippen LogP contribution in [0.25, 0.3) is 16.9 Å². The Morgan fingerprint density at radius 1 is 0.929 bits per heavy atom. The van der Waals surface area contributed by atoms with Crippen molar-refractivity contribution in [2.24, 2.45) is 10.9 Å². The van der Waals surface area contributed by atoms with Gasteiger partial charge < -0.3 is 23.7 Å². The summed E-state index contributed by atoms with van der Waals surface area (Å²) in [7, 11) is 4.38. The molecule has 1 aliphatic rings. The Morgan fingerprint density at radius 2 is 1.62 bits per heavy atom. The van der Waals surface area contributed by atoms with E-state index in [1.807, 2.05) is 30.3 Å². The largest absolute Gasteiger partial charge is 0.494 e. The Labute approximate surface area is 243 Å². The minimum Gasteiger partial charge on any atom is -0.494 e. The fourth-order valence-electron chi connectivity index (χ4n) is 4.92. The molecule has 0 fully saturated rings. The quantitative estimate of drug-likeness (QED) is 0.228. The van der Waals surface area contributed by atoms with Crippen LogP contribution in [0, 0.1) is 11.7 Å². The molecule has 0 radical (unpaired) electrons. The maximum atomic E-state index is 15.0. The molecule has 2 aromatic carbocycles. The third-order valence-electron chi connectivity index (χ3n) is 6.88. The summed E-state index contributed by atoms with van der Waals surface area (Å²) in [5, 5.41) is 4.81. The van der Waals surface area contributed by atoms with Gasteiger partial charge in [-0.05, 0) is 44.2 Å². The minimum atomic E-state index is -0.995. The zero-order valence-corrected chi connectivity index (χ0v) is 24.3. The number of methoxy groups -OCH3 is 3. The number of para-hydroxylation sites is 1. The standard InChI is InChI=1S/C31H34FN3O7/c1-19-26(30(36)41-15-13-38-3)28(27(20(2)33-19)31(37)42-16-14-39-4)23-18-35(22-9-7-6-8-10-22)34-29(23)21-11-12-25(40-5)24(32)17-21/h6-12,17-18,26,28H,13-16H2,1-5H3. The Hall–Kier alpha value is -4.35. The smallest absolute Gasteiger partial charge is 0.336 e. The predicted octanol–water partition coefficient (Wildman–Crippen LogP) is 4.51. The molecule has 0 spiro atoms. The SMILES string of the molecule is COCCOC(=O)C1=C(C)N=C(C)C(C(=O)OCCOC)C1c1cn(-c2ccccc2)nc1-c1ccc(OC)c(F)c1. The molecule has 42 heavy (non-hydrogen) atoms. The molecule has 0 aliphatic carbocycles. The Kier molecular flexibility index (Phi) is 10.2. The number of aromatic nitrogens is 2. The van der Waals surface area contributed by atoms with Gasteiger partial charge in [0.25, 0.3) is 0 Å². The molecule has 10 nitrogen and oxygen atoms in total. The summed E-state index contributed by atoms with van der Waals surface area (Å²) in [5.74, 6) is -3.66. The van der Waals surface area contributed by atoms with Crippen molar-refractivity contribution in [2.45, 2.75) is 19.8 Å². The van der Waals surface area contributed by atoms with Crippen molar-refractivity contribution in [2.75, 3.05) is 47.8 Å².